The highest BCUT2D eigenvalue weighted by molar-refractivity contribution is 6.48. The van der Waals surface area contributed by atoms with E-state index in [0.717, 1.165) is 38.1 Å². The summed E-state index contributed by atoms with van der Waals surface area (Å²) >= 11 is 17.4. The first-order valence-electron chi connectivity index (χ1n) is 11.4. The molecule has 4 nitrogen and oxygen atoms in total. The Labute approximate surface area is 242 Å². The maximum atomic E-state index is 13.8. The molecule has 0 fully saturated rings. The minimum absolute atomic E-state index is 0.185. The van der Waals surface area contributed by atoms with Crippen molar-refractivity contribution in [3.63, 3.8) is 0 Å². The molecule has 0 aliphatic heterocycles. The van der Waals surface area contributed by atoms with Crippen LogP contribution in [-0.4, -0.2) is 30.3 Å². The summed E-state index contributed by atoms with van der Waals surface area (Å²) in [6.45, 7) is 1.87. The Kier molecular flexibility index (Phi) is 11.1. The van der Waals surface area contributed by atoms with Gasteiger partial charge in [-0.25, -0.2) is 0 Å². The molecule has 2 amide bonds. The number of benzene rings is 2. The van der Waals surface area contributed by atoms with Crippen molar-refractivity contribution in [2.24, 2.45) is 5.92 Å². The lowest BCUT2D eigenvalue weighted by molar-refractivity contribution is -0.174. The van der Waals surface area contributed by atoms with Crippen LogP contribution in [-0.2, 0) is 11.0 Å². The van der Waals surface area contributed by atoms with Gasteiger partial charge in [-0.2, -0.15) is 39.5 Å². The number of allylic oxidation sites excluding steroid dienone is 1. The van der Waals surface area contributed by atoms with Crippen molar-refractivity contribution in [3.05, 3.63) is 73.7 Å². The van der Waals surface area contributed by atoms with Crippen LogP contribution in [0, 0.1) is 5.92 Å². The fourth-order valence-electron chi connectivity index (χ4n) is 3.47. The van der Waals surface area contributed by atoms with Crippen molar-refractivity contribution < 1.29 is 49.1 Å². The van der Waals surface area contributed by atoms with Gasteiger partial charge in [-0.05, 0) is 42.3 Å². The zero-order valence-electron chi connectivity index (χ0n) is 20.8. The predicted molar refractivity (Wildman–Crippen MR) is 136 cm³/mol. The van der Waals surface area contributed by atoms with Gasteiger partial charge in [0.2, 0.25) is 5.91 Å². The van der Waals surface area contributed by atoms with Crippen molar-refractivity contribution in [2.45, 2.75) is 50.9 Å². The Morgan fingerprint density at radius 1 is 0.854 bits per heavy atom. The number of nitrogens with one attached hydrogen (secondary N) is 2. The molecule has 0 heterocycles. The van der Waals surface area contributed by atoms with E-state index < -0.39 is 71.5 Å². The fraction of sp³-hybridized carbons (Fsp3) is 0.360. The lowest BCUT2D eigenvalue weighted by Gasteiger charge is -2.20. The lowest BCUT2D eigenvalue weighted by Crippen LogP contribution is -2.47. The van der Waals surface area contributed by atoms with Gasteiger partial charge in [0.05, 0.1) is 44.2 Å². The summed E-state index contributed by atoms with van der Waals surface area (Å²) in [5, 5.41) is 3.33. The monoisotopic (exact) mass is 656 g/mol. The van der Waals surface area contributed by atoms with E-state index in [1.807, 2.05) is 10.6 Å². The van der Waals surface area contributed by atoms with E-state index in [1.165, 1.54) is 0 Å². The van der Waals surface area contributed by atoms with Gasteiger partial charge in [0.1, 0.15) is 0 Å². The number of hydrogen-bond acceptors (Lipinski definition) is 2. The van der Waals surface area contributed by atoms with Gasteiger partial charge >= 0.3 is 18.5 Å². The normalized spacial score (nSPS) is 15.0. The Hall–Kier alpha value is -2.64. The van der Waals surface area contributed by atoms with E-state index in [9.17, 15) is 49.1 Å². The van der Waals surface area contributed by atoms with Gasteiger partial charge in [-0.1, -0.05) is 59.9 Å². The van der Waals surface area contributed by atoms with Crippen LogP contribution in [0.15, 0.2) is 36.4 Å². The maximum absolute atomic E-state index is 13.8. The molecular formula is C25H20Cl3F9N2O2. The number of rotatable bonds is 8. The van der Waals surface area contributed by atoms with E-state index in [4.69, 9.17) is 34.8 Å². The predicted octanol–water partition coefficient (Wildman–Crippen LogP) is 8.81. The van der Waals surface area contributed by atoms with Crippen LogP contribution in [0.3, 0.4) is 0 Å². The molecule has 2 rings (SSSR count). The Bertz CT molecular complexity index is 1290. The Morgan fingerprint density at radius 2 is 1.41 bits per heavy atom. The molecule has 41 heavy (non-hydrogen) atoms. The SMILES string of the molecule is CC(CC(=O)N[C@@H](C)NC(=O)c1ccc(C=CC(c2cc(Cl)c(Cl)c(Cl)c2)C(F)(F)F)cc1C(F)(F)F)C(F)(F)F. The third-order valence-electron chi connectivity index (χ3n) is 5.57. The van der Waals surface area contributed by atoms with E-state index in [0.29, 0.717) is 18.2 Å². The molecule has 0 saturated heterocycles. The van der Waals surface area contributed by atoms with Crippen LogP contribution in [0.2, 0.25) is 15.1 Å². The molecular weight excluding hydrogens is 638 g/mol. The minimum atomic E-state index is -5.13. The van der Waals surface area contributed by atoms with Gasteiger partial charge in [0, 0.05) is 6.42 Å². The molecule has 0 aliphatic rings. The first kappa shape index (κ1) is 34.6. The minimum Gasteiger partial charge on any atom is -0.336 e. The van der Waals surface area contributed by atoms with Crippen LogP contribution in [0.25, 0.3) is 6.08 Å². The first-order chi connectivity index (χ1) is 18.6. The molecule has 2 unspecified atom stereocenters. The lowest BCUT2D eigenvalue weighted by atomic mass is 9.96. The highest BCUT2D eigenvalue weighted by atomic mass is 35.5. The number of hydrogen-bond donors (Lipinski definition) is 2. The van der Waals surface area contributed by atoms with E-state index in [-0.39, 0.29) is 20.6 Å². The summed E-state index contributed by atoms with van der Waals surface area (Å²) in [6.07, 6.45) is -15.7. The highest BCUT2D eigenvalue weighted by Crippen LogP contribution is 2.41. The molecule has 2 N–H and O–H groups in total. The van der Waals surface area contributed by atoms with Crippen LogP contribution in [0.1, 0.15) is 53.2 Å². The second-order valence-electron chi connectivity index (χ2n) is 8.89. The van der Waals surface area contributed by atoms with Crippen molar-refractivity contribution in [3.8, 4) is 0 Å². The Balaban J connectivity index is 2.31. The van der Waals surface area contributed by atoms with Crippen molar-refractivity contribution >= 4 is 52.7 Å². The van der Waals surface area contributed by atoms with E-state index in [1.54, 1.807) is 0 Å². The van der Waals surface area contributed by atoms with E-state index in [2.05, 4.69) is 0 Å². The zero-order valence-corrected chi connectivity index (χ0v) is 23.1. The van der Waals surface area contributed by atoms with Gasteiger partial charge in [0.15, 0.2) is 0 Å². The number of carbonyl (C=O) groups is 2. The molecule has 2 aromatic rings. The maximum Gasteiger partial charge on any atom is 0.417 e. The van der Waals surface area contributed by atoms with Crippen LogP contribution < -0.4 is 10.6 Å². The largest absolute Gasteiger partial charge is 0.417 e. The van der Waals surface area contributed by atoms with Crippen LogP contribution in [0.4, 0.5) is 39.5 Å². The fourth-order valence-corrected chi connectivity index (χ4v) is 4.09. The summed E-state index contributed by atoms with van der Waals surface area (Å²) in [6, 6.07) is 3.92. The smallest absolute Gasteiger partial charge is 0.336 e. The van der Waals surface area contributed by atoms with Gasteiger partial charge in [0.25, 0.3) is 5.91 Å². The third kappa shape index (κ3) is 9.71. The molecule has 0 spiro atoms. The first-order valence-corrected chi connectivity index (χ1v) is 12.5. The zero-order chi connectivity index (χ0) is 31.5. The summed E-state index contributed by atoms with van der Waals surface area (Å²) < 4.78 is 120. The summed E-state index contributed by atoms with van der Waals surface area (Å²) in [5.41, 5.74) is -3.23. The van der Waals surface area contributed by atoms with Crippen LogP contribution >= 0.6 is 34.8 Å². The highest BCUT2D eigenvalue weighted by Gasteiger charge is 2.40. The van der Waals surface area contributed by atoms with Gasteiger partial charge in [-0.3, -0.25) is 9.59 Å². The molecule has 226 valence electrons. The molecule has 0 radical (unpaired) electrons. The van der Waals surface area contributed by atoms with Crippen molar-refractivity contribution in [1.82, 2.24) is 10.6 Å². The summed E-state index contributed by atoms with van der Waals surface area (Å²) in [7, 11) is 0. The average Bonchev–Trinajstić information content (AvgIpc) is 2.80. The number of halogens is 12. The average molecular weight is 658 g/mol. The standard InChI is InChI=1S/C25H20Cl3F9N2O2/c1-11(23(29,30)31)7-20(40)38-12(2)39-22(41)15-5-3-13(8-17(15)25(35,36)37)4-6-16(24(32,33)34)14-9-18(26)21(28)19(27)10-14/h3-6,8-12,16H,7H2,1-2H3,(H,38,40)(H,39,41)/t11?,12-,16?/m1/s1. The van der Waals surface area contributed by atoms with Crippen LogP contribution in [0.5, 0.6) is 0 Å². The molecule has 16 heteroatoms. The number of amides is 2. The van der Waals surface area contributed by atoms with Gasteiger partial charge < -0.3 is 10.6 Å². The quantitative estimate of drug-likeness (QED) is 0.169. The van der Waals surface area contributed by atoms with Crippen molar-refractivity contribution in [1.29, 1.82) is 0 Å². The molecule has 2 aromatic carbocycles. The molecule has 0 bridgehead atoms. The number of carbonyl (C=O) groups excluding carboxylic acids is 2. The molecule has 0 aliphatic carbocycles. The topological polar surface area (TPSA) is 58.2 Å². The van der Waals surface area contributed by atoms with E-state index >= 15 is 0 Å². The van der Waals surface area contributed by atoms with Crippen molar-refractivity contribution in [2.75, 3.05) is 0 Å². The van der Waals surface area contributed by atoms with Gasteiger partial charge in [-0.15, -0.1) is 0 Å². The second kappa shape index (κ2) is 13.1. The second-order valence-corrected chi connectivity index (χ2v) is 10.1. The molecule has 0 aromatic heterocycles. The summed E-state index contributed by atoms with van der Waals surface area (Å²) in [4.78, 5) is 24.3. The molecule has 3 atom stereocenters. The third-order valence-corrected chi connectivity index (χ3v) is 6.76. The Morgan fingerprint density at radius 3 is 1.90 bits per heavy atom. The molecule has 0 saturated carbocycles. The number of alkyl halides is 9. The summed E-state index contributed by atoms with van der Waals surface area (Å²) in [5.74, 6) is -6.80.